The number of hydrogen-bond donors (Lipinski definition) is 0. The van der Waals surface area contributed by atoms with E-state index in [1.54, 1.807) is 11.3 Å². The van der Waals surface area contributed by atoms with Gasteiger partial charge in [0.25, 0.3) is 0 Å². The van der Waals surface area contributed by atoms with Crippen LogP contribution in [0.3, 0.4) is 0 Å². The van der Waals surface area contributed by atoms with Gasteiger partial charge >= 0.3 is 0 Å². The van der Waals surface area contributed by atoms with Gasteiger partial charge in [0.1, 0.15) is 5.69 Å². The van der Waals surface area contributed by atoms with E-state index in [1.807, 2.05) is 59.6 Å². The molecule has 5 rings (SSSR count). The normalized spacial score (nSPS) is 11.5. The molecular weight excluding hydrogens is 412 g/mol. The fourth-order valence-corrected chi connectivity index (χ4v) is 4.25. The number of aromatic nitrogens is 3. The lowest BCUT2D eigenvalue weighted by molar-refractivity contribution is 0.876. The van der Waals surface area contributed by atoms with Crippen LogP contribution in [-0.4, -0.2) is 21.0 Å². The third-order valence-corrected chi connectivity index (χ3v) is 5.97. The van der Waals surface area contributed by atoms with Crippen molar-refractivity contribution < 1.29 is 0 Å². The van der Waals surface area contributed by atoms with Gasteiger partial charge in [0.15, 0.2) is 0 Å². The molecule has 146 valence electrons. The van der Waals surface area contributed by atoms with Crippen LogP contribution in [0, 0.1) is 6.92 Å². The van der Waals surface area contributed by atoms with E-state index in [4.69, 9.17) is 21.7 Å². The van der Waals surface area contributed by atoms with Crippen molar-refractivity contribution in [2.45, 2.75) is 6.92 Å². The minimum absolute atomic E-state index is 0.661. The first kappa shape index (κ1) is 18.7. The summed E-state index contributed by atoms with van der Waals surface area (Å²) in [6, 6.07) is 23.9. The zero-order chi connectivity index (χ0) is 20.5. The number of rotatable bonds is 4. The fraction of sp³-hybridized carbons (Fsp3) is 0.0417. The van der Waals surface area contributed by atoms with Crippen LogP contribution in [-0.2, 0) is 0 Å². The van der Waals surface area contributed by atoms with Crippen LogP contribution in [0.25, 0.3) is 26.6 Å². The second-order valence-corrected chi connectivity index (χ2v) is 8.39. The average Bonchev–Trinajstić information content (AvgIpc) is 3.37. The van der Waals surface area contributed by atoms with Crippen molar-refractivity contribution in [3.05, 3.63) is 95.1 Å². The first-order valence-corrected chi connectivity index (χ1v) is 10.7. The van der Waals surface area contributed by atoms with Gasteiger partial charge in [0.2, 0.25) is 5.13 Å². The highest BCUT2D eigenvalue weighted by molar-refractivity contribution is 7.20. The quantitative estimate of drug-likeness (QED) is 0.293. The Hall–Kier alpha value is -3.28. The molecular formula is C24H17ClN4S. The Bertz CT molecular complexity index is 1330. The van der Waals surface area contributed by atoms with Crippen molar-refractivity contribution in [3.8, 4) is 16.4 Å². The van der Waals surface area contributed by atoms with Crippen LogP contribution in [0.5, 0.6) is 0 Å². The molecule has 0 radical (unpaired) electrons. The maximum atomic E-state index is 6.09. The zero-order valence-corrected chi connectivity index (χ0v) is 17.7. The molecule has 0 aliphatic carbocycles. The van der Waals surface area contributed by atoms with Gasteiger partial charge in [-0.25, -0.2) is 9.67 Å². The second kappa shape index (κ2) is 7.86. The molecule has 0 spiro atoms. The van der Waals surface area contributed by atoms with E-state index in [0.717, 1.165) is 37.9 Å². The Labute approximate surface area is 183 Å². The molecule has 2 aromatic heterocycles. The monoisotopic (exact) mass is 428 g/mol. The van der Waals surface area contributed by atoms with Gasteiger partial charge < -0.3 is 0 Å². The summed E-state index contributed by atoms with van der Waals surface area (Å²) in [5.74, 6) is 0. The topological polar surface area (TPSA) is 43.1 Å². The van der Waals surface area contributed by atoms with Crippen LogP contribution in [0.1, 0.15) is 11.1 Å². The summed E-state index contributed by atoms with van der Waals surface area (Å²) in [5.41, 5.74) is 5.79. The summed E-state index contributed by atoms with van der Waals surface area (Å²) in [7, 11) is 0. The molecule has 30 heavy (non-hydrogen) atoms. The van der Waals surface area contributed by atoms with Crippen molar-refractivity contribution in [1.29, 1.82) is 0 Å². The Kier molecular flexibility index (Phi) is 4.91. The summed E-state index contributed by atoms with van der Waals surface area (Å²) in [6.07, 6.45) is 3.80. The number of thiazole rings is 1. The highest BCUT2D eigenvalue weighted by atomic mass is 35.5. The number of fused-ring (bicyclic) bond motifs is 1. The molecule has 6 heteroatoms. The van der Waals surface area contributed by atoms with Crippen molar-refractivity contribution in [2.75, 3.05) is 0 Å². The highest BCUT2D eigenvalue weighted by Crippen LogP contribution is 2.28. The first-order chi connectivity index (χ1) is 14.7. The van der Waals surface area contributed by atoms with E-state index >= 15 is 0 Å². The SMILES string of the molecule is Cc1ccc(-c2nn(-c3nc4ccccc4s3)cc2C=Nc2cccc(Cl)c2)cc1. The molecule has 0 saturated heterocycles. The van der Waals surface area contributed by atoms with Gasteiger partial charge in [-0.2, -0.15) is 5.10 Å². The third-order valence-electron chi connectivity index (χ3n) is 4.71. The van der Waals surface area contributed by atoms with Crippen LogP contribution in [0.15, 0.2) is 84.0 Å². The van der Waals surface area contributed by atoms with E-state index in [0.29, 0.717) is 5.02 Å². The minimum Gasteiger partial charge on any atom is -0.256 e. The van der Waals surface area contributed by atoms with Crippen LogP contribution in [0.4, 0.5) is 5.69 Å². The van der Waals surface area contributed by atoms with Crippen LogP contribution < -0.4 is 0 Å². The lowest BCUT2D eigenvalue weighted by Crippen LogP contribution is -1.93. The van der Waals surface area contributed by atoms with Gasteiger partial charge in [-0.05, 0) is 37.3 Å². The standard InChI is InChI=1S/C24H17ClN4S/c1-16-9-11-17(12-10-16)23-18(14-26-20-6-4-5-19(25)13-20)15-29(28-23)24-27-21-7-2-3-8-22(21)30-24/h2-15H,1H3. The first-order valence-electron chi connectivity index (χ1n) is 9.48. The molecule has 3 aromatic carbocycles. The van der Waals surface area contributed by atoms with E-state index in [9.17, 15) is 0 Å². The summed E-state index contributed by atoms with van der Waals surface area (Å²) in [5, 5.41) is 6.34. The van der Waals surface area contributed by atoms with Gasteiger partial charge in [-0.1, -0.05) is 71.0 Å². The predicted molar refractivity (Wildman–Crippen MR) is 126 cm³/mol. The lowest BCUT2D eigenvalue weighted by atomic mass is 10.1. The van der Waals surface area contributed by atoms with E-state index in [2.05, 4.69) is 42.2 Å². The molecule has 0 aliphatic rings. The fourth-order valence-electron chi connectivity index (χ4n) is 3.17. The van der Waals surface area contributed by atoms with Crippen molar-refractivity contribution >= 4 is 45.1 Å². The molecule has 5 aromatic rings. The van der Waals surface area contributed by atoms with Gasteiger partial charge in [0, 0.05) is 28.6 Å². The molecule has 0 atom stereocenters. The summed E-state index contributed by atoms with van der Waals surface area (Å²) >= 11 is 7.71. The highest BCUT2D eigenvalue weighted by Gasteiger charge is 2.13. The number of aryl methyl sites for hydroxylation is 1. The molecule has 0 N–H and O–H groups in total. The summed E-state index contributed by atoms with van der Waals surface area (Å²) in [4.78, 5) is 9.34. The molecule has 0 amide bonds. The lowest BCUT2D eigenvalue weighted by Gasteiger charge is -2.00. The third kappa shape index (κ3) is 3.77. The number of hydrogen-bond acceptors (Lipinski definition) is 4. The van der Waals surface area contributed by atoms with Crippen molar-refractivity contribution in [1.82, 2.24) is 14.8 Å². The largest absolute Gasteiger partial charge is 0.256 e. The molecule has 0 aliphatic heterocycles. The van der Waals surface area contributed by atoms with E-state index < -0.39 is 0 Å². The molecule has 4 nitrogen and oxygen atoms in total. The van der Waals surface area contributed by atoms with Crippen LogP contribution in [0.2, 0.25) is 5.02 Å². The predicted octanol–water partition coefficient (Wildman–Crippen LogP) is 6.86. The van der Waals surface area contributed by atoms with Gasteiger partial charge in [-0.3, -0.25) is 4.99 Å². The summed E-state index contributed by atoms with van der Waals surface area (Å²) < 4.78 is 2.97. The smallest absolute Gasteiger partial charge is 0.211 e. The zero-order valence-electron chi connectivity index (χ0n) is 16.2. The Balaban J connectivity index is 1.61. The Morgan fingerprint density at radius 1 is 1.00 bits per heavy atom. The van der Waals surface area contributed by atoms with Gasteiger partial charge in [0.05, 0.1) is 15.9 Å². The van der Waals surface area contributed by atoms with Gasteiger partial charge in [-0.15, -0.1) is 0 Å². The minimum atomic E-state index is 0.661. The summed E-state index contributed by atoms with van der Waals surface area (Å²) in [6.45, 7) is 2.07. The molecule has 0 fully saturated rings. The van der Waals surface area contributed by atoms with E-state index in [1.165, 1.54) is 5.56 Å². The number of aliphatic imine (C=N–C) groups is 1. The van der Waals surface area contributed by atoms with Crippen LogP contribution >= 0.6 is 22.9 Å². The van der Waals surface area contributed by atoms with E-state index in [-0.39, 0.29) is 0 Å². The second-order valence-electron chi connectivity index (χ2n) is 6.95. The molecule has 0 saturated carbocycles. The Morgan fingerprint density at radius 2 is 1.83 bits per heavy atom. The number of para-hydroxylation sites is 1. The van der Waals surface area contributed by atoms with Crippen molar-refractivity contribution in [2.24, 2.45) is 4.99 Å². The number of nitrogens with zero attached hydrogens (tertiary/aromatic N) is 4. The molecule has 0 bridgehead atoms. The maximum Gasteiger partial charge on any atom is 0.211 e. The number of halogens is 1. The number of benzene rings is 3. The molecule has 0 unspecified atom stereocenters. The van der Waals surface area contributed by atoms with Crippen molar-refractivity contribution in [3.63, 3.8) is 0 Å². The average molecular weight is 429 g/mol. The molecule has 2 heterocycles. The Morgan fingerprint density at radius 3 is 2.63 bits per heavy atom. The maximum absolute atomic E-state index is 6.09.